The Kier molecular flexibility index (Phi) is 6.63. The van der Waals surface area contributed by atoms with E-state index in [4.69, 9.17) is 0 Å². The molecule has 1 unspecified atom stereocenters. The van der Waals surface area contributed by atoms with Gasteiger partial charge in [0, 0.05) is 6.54 Å². The highest BCUT2D eigenvalue weighted by molar-refractivity contribution is 5.95. The smallest absolute Gasteiger partial charge is 0.329 e. The monoisotopic (exact) mass is 512 g/mol. The van der Waals surface area contributed by atoms with Crippen molar-refractivity contribution in [2.45, 2.75) is 25.2 Å². The van der Waals surface area contributed by atoms with Crippen LogP contribution in [-0.4, -0.2) is 51.8 Å². The van der Waals surface area contributed by atoms with E-state index in [-0.39, 0.29) is 41.0 Å². The van der Waals surface area contributed by atoms with Crippen LogP contribution in [0, 0.1) is 11.6 Å². The van der Waals surface area contributed by atoms with E-state index >= 15 is 0 Å². The maximum absolute atomic E-state index is 14.6. The predicted molar refractivity (Wildman–Crippen MR) is 114 cm³/mol. The number of hydroxylamine groups is 2. The van der Waals surface area contributed by atoms with E-state index in [0.717, 1.165) is 28.8 Å². The van der Waals surface area contributed by atoms with Gasteiger partial charge in [0.05, 0.1) is 29.1 Å². The van der Waals surface area contributed by atoms with E-state index < -0.39 is 52.5 Å². The van der Waals surface area contributed by atoms with Gasteiger partial charge in [0.2, 0.25) is 0 Å². The van der Waals surface area contributed by atoms with Gasteiger partial charge in [0.25, 0.3) is 11.5 Å². The Morgan fingerprint density at radius 1 is 1.11 bits per heavy atom. The first-order valence-corrected chi connectivity index (χ1v) is 10.5. The summed E-state index contributed by atoms with van der Waals surface area (Å²) in [5, 5.41) is 2.99. The number of halogens is 5. The van der Waals surface area contributed by atoms with Crippen LogP contribution in [0.5, 0.6) is 0 Å². The molecule has 0 aliphatic carbocycles. The topological polar surface area (TPSA) is 114 Å². The Balaban J connectivity index is 1.72. The van der Waals surface area contributed by atoms with Gasteiger partial charge in [-0.25, -0.2) is 18.4 Å². The summed E-state index contributed by atoms with van der Waals surface area (Å²) in [4.78, 5) is 55.3. The van der Waals surface area contributed by atoms with Crippen molar-refractivity contribution in [1.82, 2.24) is 19.9 Å². The largest absolute Gasteiger partial charge is 0.493 e. The standard InChI is InChI=1S/C22H17F5N4O5/c23-12-2-3-14-17(8-12)30(21(35)29-18(14)32)10-11-1-4-16(24)15(7-11)19(33)31(13-5-6-28-9-13)36-20(34)22(25,26)27/h1-4,7-8,13,28H,5-6,9-10H2,(H,29,32,35). The number of carbonyl (C=O) groups excluding carboxylic acids is 2. The number of alkyl halides is 3. The van der Waals surface area contributed by atoms with Gasteiger partial charge in [-0.15, -0.1) is 0 Å². The van der Waals surface area contributed by atoms with Crippen LogP contribution in [0.3, 0.4) is 0 Å². The molecule has 2 N–H and O–H groups in total. The predicted octanol–water partition coefficient (Wildman–Crippen LogP) is 1.84. The summed E-state index contributed by atoms with van der Waals surface area (Å²) in [6, 6.07) is 5.17. The summed E-state index contributed by atoms with van der Waals surface area (Å²) in [5.74, 6) is -5.84. The average molecular weight is 512 g/mol. The highest BCUT2D eigenvalue weighted by Crippen LogP contribution is 2.23. The normalized spacial score (nSPS) is 15.8. The van der Waals surface area contributed by atoms with E-state index in [9.17, 15) is 41.1 Å². The van der Waals surface area contributed by atoms with Crippen LogP contribution in [0.25, 0.3) is 10.9 Å². The van der Waals surface area contributed by atoms with Crippen LogP contribution in [0.2, 0.25) is 0 Å². The lowest BCUT2D eigenvalue weighted by atomic mass is 10.1. The van der Waals surface area contributed by atoms with Crippen molar-refractivity contribution in [3.8, 4) is 0 Å². The van der Waals surface area contributed by atoms with Crippen molar-refractivity contribution >= 4 is 22.8 Å². The first-order chi connectivity index (χ1) is 17.0. The molecular formula is C22H17F5N4O5. The van der Waals surface area contributed by atoms with Gasteiger partial charge in [0.1, 0.15) is 11.6 Å². The van der Waals surface area contributed by atoms with Gasteiger partial charge in [0.15, 0.2) is 0 Å². The Morgan fingerprint density at radius 2 is 1.86 bits per heavy atom. The molecule has 1 aliphatic heterocycles. The molecule has 0 saturated carbocycles. The van der Waals surface area contributed by atoms with E-state index in [2.05, 4.69) is 15.1 Å². The van der Waals surface area contributed by atoms with Gasteiger partial charge in [-0.05, 0) is 48.9 Å². The van der Waals surface area contributed by atoms with Gasteiger partial charge in [-0.2, -0.15) is 18.2 Å². The Bertz CT molecular complexity index is 1460. The maximum atomic E-state index is 14.6. The molecule has 0 bridgehead atoms. The highest BCUT2D eigenvalue weighted by atomic mass is 19.4. The van der Waals surface area contributed by atoms with E-state index in [0.29, 0.717) is 6.54 Å². The SMILES string of the molecule is O=C(c1cc(Cn2c(=O)[nH]c(=O)c3ccc(F)cc32)ccc1F)N(OC(=O)C(F)(F)F)C1CCNC1. The Hall–Kier alpha value is -4.07. The number of amides is 1. The maximum Gasteiger partial charge on any atom is 0.493 e. The molecule has 2 heterocycles. The van der Waals surface area contributed by atoms with E-state index in [1.807, 2.05) is 0 Å². The summed E-state index contributed by atoms with van der Waals surface area (Å²) < 4.78 is 67.8. The lowest BCUT2D eigenvalue weighted by molar-refractivity contribution is -0.233. The highest BCUT2D eigenvalue weighted by Gasteiger charge is 2.45. The minimum atomic E-state index is -5.40. The minimum Gasteiger partial charge on any atom is -0.329 e. The quantitative estimate of drug-likeness (QED) is 0.408. The number of nitrogens with one attached hydrogen (secondary N) is 2. The van der Waals surface area contributed by atoms with Crippen molar-refractivity contribution in [3.63, 3.8) is 0 Å². The van der Waals surface area contributed by atoms with Crippen molar-refractivity contribution in [2.75, 3.05) is 13.1 Å². The molecule has 2 aromatic carbocycles. The second-order valence-electron chi connectivity index (χ2n) is 7.98. The molecule has 1 atom stereocenters. The number of H-pyrrole nitrogens is 1. The number of benzene rings is 2. The molecule has 36 heavy (non-hydrogen) atoms. The summed E-state index contributed by atoms with van der Waals surface area (Å²) in [7, 11) is 0. The minimum absolute atomic E-state index is 0.00249. The number of rotatable bonds is 4. The molecule has 1 amide bonds. The molecule has 9 nitrogen and oxygen atoms in total. The van der Waals surface area contributed by atoms with Gasteiger partial charge in [-0.3, -0.25) is 19.1 Å². The second kappa shape index (κ2) is 9.53. The second-order valence-corrected chi connectivity index (χ2v) is 7.98. The summed E-state index contributed by atoms with van der Waals surface area (Å²) in [6.07, 6.45) is -5.25. The zero-order chi connectivity index (χ0) is 26.2. The zero-order valence-corrected chi connectivity index (χ0v) is 18.2. The molecule has 1 aliphatic rings. The molecule has 1 fully saturated rings. The molecule has 190 valence electrons. The number of hydrogen-bond donors (Lipinski definition) is 2. The van der Waals surface area contributed by atoms with Crippen LogP contribution in [-0.2, 0) is 16.2 Å². The van der Waals surface area contributed by atoms with Crippen LogP contribution < -0.4 is 16.6 Å². The van der Waals surface area contributed by atoms with Crippen molar-refractivity contribution in [1.29, 1.82) is 0 Å². The molecule has 4 rings (SSSR count). The average Bonchev–Trinajstić information content (AvgIpc) is 3.34. The number of nitrogens with zero attached hydrogens (tertiary/aromatic N) is 2. The van der Waals surface area contributed by atoms with Crippen LogP contribution in [0.15, 0.2) is 46.0 Å². The fourth-order valence-electron chi connectivity index (χ4n) is 3.82. The molecule has 1 saturated heterocycles. The molecular weight excluding hydrogens is 495 g/mol. The van der Waals surface area contributed by atoms with Crippen molar-refractivity contribution in [3.05, 3.63) is 80.0 Å². The third-order valence-corrected chi connectivity index (χ3v) is 5.54. The number of aromatic amines is 1. The third kappa shape index (κ3) is 4.98. The first kappa shape index (κ1) is 25.0. The fraction of sp³-hybridized carbons (Fsp3) is 0.273. The molecule has 1 aromatic heterocycles. The summed E-state index contributed by atoms with van der Waals surface area (Å²) in [6.45, 7) is -0.0364. The van der Waals surface area contributed by atoms with Gasteiger partial charge < -0.3 is 10.2 Å². The van der Waals surface area contributed by atoms with Crippen LogP contribution >= 0.6 is 0 Å². The lowest BCUT2D eigenvalue weighted by Gasteiger charge is -2.27. The van der Waals surface area contributed by atoms with E-state index in [1.165, 1.54) is 12.1 Å². The summed E-state index contributed by atoms with van der Waals surface area (Å²) >= 11 is 0. The molecule has 3 aromatic rings. The Morgan fingerprint density at radius 3 is 2.53 bits per heavy atom. The lowest BCUT2D eigenvalue weighted by Crippen LogP contribution is -2.45. The fourth-order valence-corrected chi connectivity index (χ4v) is 3.82. The Labute approximate surface area is 198 Å². The molecule has 0 radical (unpaired) electrons. The number of fused-ring (bicyclic) bond motifs is 1. The molecule has 0 spiro atoms. The van der Waals surface area contributed by atoms with Gasteiger partial charge >= 0.3 is 17.8 Å². The van der Waals surface area contributed by atoms with Crippen molar-refractivity contribution in [2.24, 2.45) is 0 Å². The van der Waals surface area contributed by atoms with Gasteiger partial charge in [-0.1, -0.05) is 6.07 Å². The number of carbonyl (C=O) groups is 2. The van der Waals surface area contributed by atoms with Crippen LogP contribution in [0.4, 0.5) is 22.0 Å². The van der Waals surface area contributed by atoms with E-state index in [1.54, 1.807) is 0 Å². The third-order valence-electron chi connectivity index (χ3n) is 5.54. The first-order valence-electron chi connectivity index (χ1n) is 10.5. The zero-order valence-electron chi connectivity index (χ0n) is 18.2. The van der Waals surface area contributed by atoms with Crippen LogP contribution in [0.1, 0.15) is 22.3 Å². The van der Waals surface area contributed by atoms with Crippen molar-refractivity contribution < 1.29 is 36.4 Å². The number of aromatic nitrogens is 2. The number of hydrogen-bond acceptors (Lipinski definition) is 6. The summed E-state index contributed by atoms with van der Waals surface area (Å²) in [5.41, 5.74) is -2.34. The molecule has 14 heteroatoms.